The highest BCUT2D eigenvalue weighted by Gasteiger charge is 2.33. The van der Waals surface area contributed by atoms with Crippen LogP contribution in [0.15, 0.2) is 0 Å². The number of piperazine rings is 1. The van der Waals surface area contributed by atoms with Gasteiger partial charge >= 0.3 is 6.18 Å². The Morgan fingerprint density at radius 1 is 1.29 bits per heavy atom. The van der Waals surface area contributed by atoms with E-state index in [1.165, 1.54) is 4.90 Å². The summed E-state index contributed by atoms with van der Waals surface area (Å²) < 4.78 is 36.4. The van der Waals surface area contributed by atoms with Crippen LogP contribution in [0.4, 0.5) is 13.2 Å². The van der Waals surface area contributed by atoms with Crippen LogP contribution in [0.25, 0.3) is 0 Å². The summed E-state index contributed by atoms with van der Waals surface area (Å²) >= 11 is 0. The van der Waals surface area contributed by atoms with Crippen LogP contribution < -0.4 is 5.32 Å². The zero-order valence-electron chi connectivity index (χ0n) is 10.0. The van der Waals surface area contributed by atoms with E-state index in [1.54, 1.807) is 18.9 Å². The summed E-state index contributed by atoms with van der Waals surface area (Å²) in [6.07, 6.45) is -4.16. The maximum Gasteiger partial charge on any atom is 0.401 e. The average molecular weight is 253 g/mol. The predicted molar refractivity (Wildman–Crippen MR) is 57.6 cm³/mol. The lowest BCUT2D eigenvalue weighted by molar-refractivity contribution is -0.152. The van der Waals surface area contributed by atoms with Crippen molar-refractivity contribution in [1.82, 2.24) is 15.1 Å². The quantitative estimate of drug-likeness (QED) is 0.786. The molecule has 17 heavy (non-hydrogen) atoms. The third kappa shape index (κ3) is 4.51. The summed E-state index contributed by atoms with van der Waals surface area (Å²) in [4.78, 5) is 14.7. The number of likely N-dealkylation sites (N-methyl/N-ethyl adjacent to an activating group) is 1. The first-order valence-corrected chi connectivity index (χ1v) is 5.58. The summed E-state index contributed by atoms with van der Waals surface area (Å²) in [6.45, 7) is 2.13. The number of hydrogen-bond acceptors (Lipinski definition) is 3. The van der Waals surface area contributed by atoms with Gasteiger partial charge in [-0.15, -0.1) is 0 Å². The van der Waals surface area contributed by atoms with Crippen molar-refractivity contribution in [2.24, 2.45) is 0 Å². The Labute approximate surface area is 98.7 Å². The van der Waals surface area contributed by atoms with Crippen molar-refractivity contribution >= 4 is 5.91 Å². The molecule has 7 heteroatoms. The minimum Gasteiger partial charge on any atom is -0.339 e. The van der Waals surface area contributed by atoms with Gasteiger partial charge in [0.15, 0.2) is 0 Å². The monoisotopic (exact) mass is 253 g/mol. The lowest BCUT2D eigenvalue weighted by atomic mass is 10.2. The van der Waals surface area contributed by atoms with E-state index >= 15 is 0 Å². The maximum absolute atomic E-state index is 12.1. The van der Waals surface area contributed by atoms with Gasteiger partial charge in [0, 0.05) is 26.2 Å². The summed E-state index contributed by atoms with van der Waals surface area (Å²) in [5.41, 5.74) is 0. The highest BCUT2D eigenvalue weighted by Crippen LogP contribution is 2.17. The van der Waals surface area contributed by atoms with Crippen molar-refractivity contribution in [3.05, 3.63) is 0 Å². The van der Waals surface area contributed by atoms with Crippen LogP contribution in [0.3, 0.4) is 0 Å². The molecule has 0 radical (unpaired) electrons. The Morgan fingerprint density at radius 2 is 1.82 bits per heavy atom. The number of hydrogen-bond donors (Lipinski definition) is 1. The summed E-state index contributed by atoms with van der Waals surface area (Å²) in [5, 5.41) is 2.83. The van der Waals surface area contributed by atoms with E-state index < -0.39 is 12.7 Å². The molecule has 100 valence electrons. The molecule has 1 saturated heterocycles. The molecule has 1 aliphatic rings. The molecule has 1 atom stereocenters. The van der Waals surface area contributed by atoms with E-state index in [1.807, 2.05) is 0 Å². The highest BCUT2D eigenvalue weighted by molar-refractivity contribution is 5.81. The minimum atomic E-state index is -4.16. The lowest BCUT2D eigenvalue weighted by Gasteiger charge is -2.36. The normalized spacial score (nSPS) is 20.4. The summed E-state index contributed by atoms with van der Waals surface area (Å²) in [6, 6.07) is -0.288. The molecule has 1 rings (SSSR count). The molecule has 0 bridgehead atoms. The first-order chi connectivity index (χ1) is 7.83. The Bertz CT molecular complexity index is 262. The Kier molecular flexibility index (Phi) is 4.76. The van der Waals surface area contributed by atoms with Crippen LogP contribution in [0.2, 0.25) is 0 Å². The smallest absolute Gasteiger partial charge is 0.339 e. The predicted octanol–water partition coefficient (Wildman–Crippen LogP) is 0.301. The SMILES string of the molecule is CNC(C)C(=O)N1CCN(CC(F)(F)F)CC1. The van der Waals surface area contributed by atoms with Crippen LogP contribution in [0.1, 0.15) is 6.92 Å². The number of amides is 1. The van der Waals surface area contributed by atoms with E-state index in [0.29, 0.717) is 13.1 Å². The van der Waals surface area contributed by atoms with Gasteiger partial charge in [-0.2, -0.15) is 13.2 Å². The average Bonchev–Trinajstić information content (AvgIpc) is 2.26. The minimum absolute atomic E-state index is 0.0563. The molecule has 1 aliphatic heterocycles. The number of nitrogens with zero attached hydrogens (tertiary/aromatic N) is 2. The van der Waals surface area contributed by atoms with Gasteiger partial charge in [0.2, 0.25) is 5.91 Å². The van der Waals surface area contributed by atoms with Gasteiger partial charge in [0.05, 0.1) is 12.6 Å². The van der Waals surface area contributed by atoms with Gasteiger partial charge in [0.25, 0.3) is 0 Å². The van der Waals surface area contributed by atoms with Gasteiger partial charge in [-0.1, -0.05) is 0 Å². The summed E-state index contributed by atoms with van der Waals surface area (Å²) in [5.74, 6) is -0.0563. The third-order valence-electron chi connectivity index (χ3n) is 2.89. The largest absolute Gasteiger partial charge is 0.401 e. The van der Waals surface area contributed by atoms with E-state index in [-0.39, 0.29) is 25.0 Å². The molecule has 0 spiro atoms. The van der Waals surface area contributed by atoms with Crippen LogP contribution in [-0.2, 0) is 4.79 Å². The molecule has 1 amide bonds. The Hall–Kier alpha value is -0.820. The second-order valence-electron chi connectivity index (χ2n) is 4.23. The number of carbonyl (C=O) groups excluding carboxylic acids is 1. The molecule has 1 fully saturated rings. The topological polar surface area (TPSA) is 35.6 Å². The zero-order valence-corrected chi connectivity index (χ0v) is 10.0. The first-order valence-electron chi connectivity index (χ1n) is 5.58. The number of carbonyl (C=O) groups is 1. The highest BCUT2D eigenvalue weighted by atomic mass is 19.4. The van der Waals surface area contributed by atoms with Gasteiger partial charge in [-0.05, 0) is 14.0 Å². The summed E-state index contributed by atoms with van der Waals surface area (Å²) in [7, 11) is 1.68. The fourth-order valence-corrected chi connectivity index (χ4v) is 1.78. The van der Waals surface area contributed by atoms with Gasteiger partial charge in [-0.3, -0.25) is 9.69 Å². The maximum atomic E-state index is 12.1. The van der Waals surface area contributed by atoms with Crippen molar-refractivity contribution in [2.45, 2.75) is 19.1 Å². The standard InChI is InChI=1S/C10H18F3N3O/c1-8(14-2)9(17)16-5-3-15(4-6-16)7-10(11,12)13/h8,14H,3-7H2,1-2H3. The van der Waals surface area contributed by atoms with Gasteiger partial charge in [0.1, 0.15) is 0 Å². The zero-order chi connectivity index (χ0) is 13.1. The number of nitrogens with one attached hydrogen (secondary N) is 1. The molecule has 0 aromatic carbocycles. The van der Waals surface area contributed by atoms with Crippen LogP contribution >= 0.6 is 0 Å². The fraction of sp³-hybridized carbons (Fsp3) is 0.900. The van der Waals surface area contributed by atoms with Crippen LogP contribution in [0.5, 0.6) is 0 Å². The van der Waals surface area contributed by atoms with E-state index in [0.717, 1.165) is 0 Å². The van der Waals surface area contributed by atoms with E-state index in [9.17, 15) is 18.0 Å². The second kappa shape index (κ2) is 5.68. The molecular formula is C10H18F3N3O. The number of alkyl halides is 3. The number of rotatable bonds is 3. The third-order valence-corrected chi connectivity index (χ3v) is 2.89. The van der Waals surface area contributed by atoms with Crippen molar-refractivity contribution in [3.63, 3.8) is 0 Å². The fourth-order valence-electron chi connectivity index (χ4n) is 1.78. The number of halogens is 3. The van der Waals surface area contributed by atoms with E-state index in [2.05, 4.69) is 5.32 Å². The molecular weight excluding hydrogens is 235 g/mol. The molecule has 1 unspecified atom stereocenters. The molecule has 0 saturated carbocycles. The Morgan fingerprint density at radius 3 is 2.24 bits per heavy atom. The van der Waals surface area contributed by atoms with Crippen LogP contribution in [0, 0.1) is 0 Å². The molecule has 4 nitrogen and oxygen atoms in total. The van der Waals surface area contributed by atoms with Crippen molar-refractivity contribution in [1.29, 1.82) is 0 Å². The van der Waals surface area contributed by atoms with Crippen molar-refractivity contribution in [2.75, 3.05) is 39.8 Å². The second-order valence-corrected chi connectivity index (χ2v) is 4.23. The van der Waals surface area contributed by atoms with Crippen molar-refractivity contribution in [3.8, 4) is 0 Å². The van der Waals surface area contributed by atoms with Gasteiger partial charge in [-0.25, -0.2) is 0 Å². The van der Waals surface area contributed by atoms with Crippen molar-refractivity contribution < 1.29 is 18.0 Å². The molecule has 1 N–H and O–H groups in total. The lowest BCUT2D eigenvalue weighted by Crippen LogP contribution is -2.54. The molecule has 0 aromatic rings. The van der Waals surface area contributed by atoms with Crippen LogP contribution in [-0.4, -0.2) is 67.7 Å². The van der Waals surface area contributed by atoms with Gasteiger partial charge < -0.3 is 10.2 Å². The van der Waals surface area contributed by atoms with E-state index in [4.69, 9.17) is 0 Å². The molecule has 0 aromatic heterocycles. The molecule has 1 heterocycles. The first kappa shape index (κ1) is 14.2. The molecule has 0 aliphatic carbocycles. The Balaban J connectivity index is 2.38.